The molecule has 0 fully saturated rings. The summed E-state index contributed by atoms with van der Waals surface area (Å²) in [5.41, 5.74) is 6.36. The number of carbonyl (C=O) groups excluding carboxylic acids is 1. The minimum absolute atomic E-state index is 0.295. The van der Waals surface area contributed by atoms with Crippen molar-refractivity contribution in [3.63, 3.8) is 0 Å². The normalized spacial score (nSPS) is 10.9. The van der Waals surface area contributed by atoms with Gasteiger partial charge in [0, 0.05) is 12.0 Å². The molecule has 1 aromatic rings. The first-order valence-corrected chi connectivity index (χ1v) is 10.6. The Labute approximate surface area is 155 Å². The van der Waals surface area contributed by atoms with Crippen LogP contribution in [0.3, 0.4) is 0 Å². The van der Waals surface area contributed by atoms with Crippen molar-refractivity contribution in [2.75, 3.05) is 6.54 Å². The van der Waals surface area contributed by atoms with Gasteiger partial charge in [0.05, 0.1) is 0 Å². The van der Waals surface area contributed by atoms with E-state index in [1.54, 1.807) is 0 Å². The van der Waals surface area contributed by atoms with E-state index in [2.05, 4.69) is 0 Å². The molecule has 0 saturated carbocycles. The van der Waals surface area contributed by atoms with E-state index in [0.717, 1.165) is 18.5 Å². The van der Waals surface area contributed by atoms with Crippen molar-refractivity contribution in [2.24, 2.45) is 5.73 Å². The molecule has 2 N–H and O–H groups in total. The first kappa shape index (κ1) is 21.9. The van der Waals surface area contributed by atoms with Crippen LogP contribution in [0.4, 0.5) is 0 Å². The number of rotatable bonds is 17. The van der Waals surface area contributed by atoms with Crippen LogP contribution in [0.25, 0.3) is 0 Å². The Hall–Kier alpha value is -1.15. The fourth-order valence-electron chi connectivity index (χ4n) is 3.32. The first-order chi connectivity index (χ1) is 12.3. The molecule has 0 aromatic heterocycles. The van der Waals surface area contributed by atoms with Crippen LogP contribution < -0.4 is 5.73 Å². The van der Waals surface area contributed by atoms with Crippen LogP contribution >= 0.6 is 0 Å². The molecular formula is C23H39NO. The van der Waals surface area contributed by atoms with Crippen molar-refractivity contribution in [2.45, 2.75) is 96.3 Å². The summed E-state index contributed by atoms with van der Waals surface area (Å²) in [6.45, 7) is 0.851. The van der Waals surface area contributed by atoms with Gasteiger partial charge in [-0.15, -0.1) is 0 Å². The van der Waals surface area contributed by atoms with Gasteiger partial charge in [-0.25, -0.2) is 0 Å². The van der Waals surface area contributed by atoms with Crippen molar-refractivity contribution in [1.29, 1.82) is 0 Å². The molecule has 1 aromatic carbocycles. The van der Waals surface area contributed by atoms with E-state index in [1.807, 2.05) is 30.3 Å². The lowest BCUT2D eigenvalue weighted by Gasteiger charge is -2.04. The average Bonchev–Trinajstić information content (AvgIpc) is 2.65. The van der Waals surface area contributed by atoms with Crippen molar-refractivity contribution >= 4 is 5.78 Å². The van der Waals surface area contributed by atoms with Crippen molar-refractivity contribution in [3.05, 3.63) is 35.9 Å². The second kappa shape index (κ2) is 16.3. The van der Waals surface area contributed by atoms with Crippen LogP contribution in [0.5, 0.6) is 0 Å². The number of hydrogen-bond donors (Lipinski definition) is 1. The van der Waals surface area contributed by atoms with E-state index in [1.165, 1.54) is 83.5 Å². The fourth-order valence-corrected chi connectivity index (χ4v) is 3.32. The van der Waals surface area contributed by atoms with Gasteiger partial charge in [-0.1, -0.05) is 107 Å². The van der Waals surface area contributed by atoms with E-state index in [4.69, 9.17) is 5.73 Å². The Morgan fingerprint density at radius 2 is 1.00 bits per heavy atom. The van der Waals surface area contributed by atoms with Crippen LogP contribution in [0.15, 0.2) is 30.3 Å². The van der Waals surface area contributed by atoms with Gasteiger partial charge in [0.25, 0.3) is 0 Å². The summed E-state index contributed by atoms with van der Waals surface area (Å²) in [6.07, 6.45) is 19.2. The van der Waals surface area contributed by atoms with E-state index in [0.29, 0.717) is 12.2 Å². The molecule has 2 heteroatoms. The van der Waals surface area contributed by atoms with Crippen molar-refractivity contribution < 1.29 is 4.79 Å². The highest BCUT2D eigenvalue weighted by Crippen LogP contribution is 2.14. The molecule has 142 valence electrons. The molecule has 0 spiro atoms. The van der Waals surface area contributed by atoms with Crippen LogP contribution in [0.1, 0.15) is 107 Å². The molecule has 0 aliphatic heterocycles. The Kier molecular flexibility index (Phi) is 14.3. The third-order valence-corrected chi connectivity index (χ3v) is 4.95. The van der Waals surface area contributed by atoms with Gasteiger partial charge in [-0.3, -0.25) is 4.79 Å². The minimum Gasteiger partial charge on any atom is -0.330 e. The summed E-state index contributed by atoms with van der Waals surface area (Å²) < 4.78 is 0. The highest BCUT2D eigenvalue weighted by atomic mass is 16.1. The number of carbonyl (C=O) groups is 1. The van der Waals surface area contributed by atoms with Gasteiger partial charge in [0.2, 0.25) is 0 Å². The molecule has 0 amide bonds. The summed E-state index contributed by atoms with van der Waals surface area (Å²) in [6, 6.07) is 9.68. The summed E-state index contributed by atoms with van der Waals surface area (Å²) in [5, 5.41) is 0. The highest BCUT2D eigenvalue weighted by Gasteiger charge is 2.03. The van der Waals surface area contributed by atoms with Crippen LogP contribution in [0.2, 0.25) is 0 Å². The maximum absolute atomic E-state index is 12.0. The smallest absolute Gasteiger partial charge is 0.162 e. The van der Waals surface area contributed by atoms with Crippen LogP contribution in [-0.4, -0.2) is 12.3 Å². The zero-order chi connectivity index (χ0) is 18.0. The van der Waals surface area contributed by atoms with Gasteiger partial charge in [0.1, 0.15) is 0 Å². The second-order valence-corrected chi connectivity index (χ2v) is 7.28. The molecule has 0 radical (unpaired) electrons. The highest BCUT2D eigenvalue weighted by molar-refractivity contribution is 5.95. The van der Waals surface area contributed by atoms with Crippen LogP contribution in [0, 0.1) is 0 Å². The lowest BCUT2D eigenvalue weighted by Crippen LogP contribution is -1.98. The number of Topliss-reactive ketones (excluding diaryl/α,β-unsaturated/α-hetero) is 1. The summed E-state index contributed by atoms with van der Waals surface area (Å²) in [7, 11) is 0. The van der Waals surface area contributed by atoms with Gasteiger partial charge < -0.3 is 5.73 Å². The van der Waals surface area contributed by atoms with E-state index in [-0.39, 0.29) is 0 Å². The second-order valence-electron chi connectivity index (χ2n) is 7.28. The molecule has 0 atom stereocenters. The van der Waals surface area contributed by atoms with Gasteiger partial charge in [0.15, 0.2) is 5.78 Å². The molecule has 0 bridgehead atoms. The maximum Gasteiger partial charge on any atom is 0.162 e. The lowest BCUT2D eigenvalue weighted by atomic mass is 10.0. The quantitative estimate of drug-likeness (QED) is 0.253. The Morgan fingerprint density at radius 1 is 0.600 bits per heavy atom. The third kappa shape index (κ3) is 12.8. The molecule has 0 unspecified atom stereocenters. The first-order valence-electron chi connectivity index (χ1n) is 10.6. The maximum atomic E-state index is 12.0. The molecule has 2 nitrogen and oxygen atoms in total. The SMILES string of the molecule is NCCCCCCCCCCCCCCCCC(=O)c1ccccc1. The van der Waals surface area contributed by atoms with Gasteiger partial charge in [-0.2, -0.15) is 0 Å². The summed E-state index contributed by atoms with van der Waals surface area (Å²) >= 11 is 0. The van der Waals surface area contributed by atoms with E-state index in [9.17, 15) is 4.79 Å². The molecule has 0 heterocycles. The molecular weight excluding hydrogens is 306 g/mol. The Balaban J connectivity index is 1.78. The largest absolute Gasteiger partial charge is 0.330 e. The zero-order valence-corrected chi connectivity index (χ0v) is 16.2. The molecule has 0 aliphatic rings. The number of nitrogens with two attached hydrogens (primary N) is 1. The van der Waals surface area contributed by atoms with Crippen LogP contribution in [-0.2, 0) is 0 Å². The Bertz CT molecular complexity index is 415. The summed E-state index contributed by atoms with van der Waals surface area (Å²) in [5.74, 6) is 0.295. The van der Waals surface area contributed by atoms with Gasteiger partial charge >= 0.3 is 0 Å². The van der Waals surface area contributed by atoms with E-state index >= 15 is 0 Å². The predicted octanol–water partition coefficient (Wildman–Crippen LogP) is 6.68. The third-order valence-electron chi connectivity index (χ3n) is 4.95. The standard InChI is InChI=1S/C23H39NO/c24-21-17-12-10-8-6-4-2-1-3-5-7-9-11-16-20-23(25)22-18-14-13-15-19-22/h13-15,18-19H,1-12,16-17,20-21,24H2. The number of benzene rings is 1. The number of hydrogen-bond acceptors (Lipinski definition) is 2. The number of unbranched alkanes of at least 4 members (excludes halogenated alkanes) is 13. The zero-order valence-electron chi connectivity index (χ0n) is 16.2. The number of ketones is 1. The molecule has 0 aliphatic carbocycles. The minimum atomic E-state index is 0.295. The van der Waals surface area contributed by atoms with Crippen molar-refractivity contribution in [3.8, 4) is 0 Å². The molecule has 1 rings (SSSR count). The van der Waals surface area contributed by atoms with Gasteiger partial charge in [-0.05, 0) is 19.4 Å². The lowest BCUT2D eigenvalue weighted by molar-refractivity contribution is 0.0979. The predicted molar refractivity (Wildman–Crippen MR) is 109 cm³/mol. The monoisotopic (exact) mass is 345 g/mol. The molecule has 25 heavy (non-hydrogen) atoms. The summed E-state index contributed by atoms with van der Waals surface area (Å²) in [4.78, 5) is 12.0. The van der Waals surface area contributed by atoms with E-state index < -0.39 is 0 Å². The van der Waals surface area contributed by atoms with Crippen molar-refractivity contribution in [1.82, 2.24) is 0 Å². The topological polar surface area (TPSA) is 43.1 Å². The fraction of sp³-hybridized carbons (Fsp3) is 0.696. The Morgan fingerprint density at radius 3 is 1.44 bits per heavy atom. The average molecular weight is 346 g/mol. The molecule has 0 saturated heterocycles.